The highest BCUT2D eigenvalue weighted by Crippen LogP contribution is 2.72. The van der Waals surface area contributed by atoms with E-state index in [9.17, 15) is 15.0 Å². The number of nitrogens with one attached hydrogen (secondary N) is 1. The molecule has 7 nitrogen and oxygen atoms in total. The van der Waals surface area contributed by atoms with Crippen LogP contribution in [0.15, 0.2) is 41.2 Å². The molecule has 1 aromatic carbocycles. The largest absolute Gasteiger partial charge is 0.504 e. The van der Waals surface area contributed by atoms with Gasteiger partial charge in [-0.25, -0.2) is 0 Å². The number of phenols is 1. The van der Waals surface area contributed by atoms with Crippen molar-refractivity contribution in [2.75, 3.05) is 6.54 Å². The van der Waals surface area contributed by atoms with E-state index in [0.29, 0.717) is 24.6 Å². The molecule has 36 heavy (non-hydrogen) atoms. The molecule has 4 fully saturated rings. The Hall–Kier alpha value is -2.77. The van der Waals surface area contributed by atoms with E-state index in [1.165, 1.54) is 24.5 Å². The Balaban J connectivity index is 1.21. The van der Waals surface area contributed by atoms with E-state index in [4.69, 9.17) is 9.15 Å². The number of nitrogens with zero attached hydrogens (tertiary/aromatic N) is 1. The van der Waals surface area contributed by atoms with Crippen LogP contribution in [0.25, 0.3) is 6.08 Å². The van der Waals surface area contributed by atoms with Gasteiger partial charge in [-0.1, -0.05) is 6.07 Å². The number of aliphatic hydroxyl groups is 1. The van der Waals surface area contributed by atoms with Crippen LogP contribution < -0.4 is 10.1 Å². The fourth-order valence-corrected chi connectivity index (χ4v) is 8.92. The van der Waals surface area contributed by atoms with E-state index < -0.39 is 17.1 Å². The Kier molecular flexibility index (Phi) is 4.25. The Bertz CT molecular complexity index is 1270. The first-order chi connectivity index (χ1) is 17.5. The van der Waals surface area contributed by atoms with Crippen molar-refractivity contribution in [3.63, 3.8) is 0 Å². The number of rotatable bonds is 5. The third kappa shape index (κ3) is 2.58. The maximum Gasteiger partial charge on any atom is 0.244 e. The zero-order valence-corrected chi connectivity index (χ0v) is 20.2. The molecule has 1 aromatic heterocycles. The van der Waals surface area contributed by atoms with E-state index in [2.05, 4.69) is 10.2 Å². The number of fused-ring (bicyclic) bond motifs is 2. The van der Waals surface area contributed by atoms with Crippen molar-refractivity contribution in [1.29, 1.82) is 0 Å². The molecule has 7 atom stereocenters. The van der Waals surface area contributed by atoms with Crippen LogP contribution in [-0.2, 0) is 16.6 Å². The molecular formula is C29H32N2O5. The highest BCUT2D eigenvalue weighted by atomic mass is 16.5. The summed E-state index contributed by atoms with van der Waals surface area (Å²) >= 11 is 0. The Morgan fingerprint density at radius 1 is 1.22 bits per heavy atom. The summed E-state index contributed by atoms with van der Waals surface area (Å²) in [5.41, 5.74) is 1.52. The van der Waals surface area contributed by atoms with Gasteiger partial charge in [-0.15, -0.1) is 0 Å². The maximum absolute atomic E-state index is 13.0. The summed E-state index contributed by atoms with van der Waals surface area (Å²) in [4.78, 5) is 15.6. The molecule has 1 saturated heterocycles. The van der Waals surface area contributed by atoms with Gasteiger partial charge < -0.3 is 24.7 Å². The molecule has 2 unspecified atom stereocenters. The molecule has 7 heteroatoms. The molecule has 2 bridgehead atoms. The summed E-state index contributed by atoms with van der Waals surface area (Å²) in [5, 5.41) is 26.8. The van der Waals surface area contributed by atoms with Gasteiger partial charge in [-0.05, 0) is 80.6 Å². The van der Waals surface area contributed by atoms with Gasteiger partial charge in [-0.2, -0.15) is 0 Å². The molecule has 6 aliphatic rings. The van der Waals surface area contributed by atoms with Gasteiger partial charge in [0, 0.05) is 35.8 Å². The van der Waals surface area contributed by atoms with E-state index in [1.807, 2.05) is 6.07 Å². The van der Waals surface area contributed by atoms with Gasteiger partial charge in [0.25, 0.3) is 0 Å². The molecule has 2 aromatic rings. The van der Waals surface area contributed by atoms with Crippen LogP contribution in [0.1, 0.15) is 55.2 Å². The Morgan fingerprint density at radius 2 is 2.11 bits per heavy atom. The number of carbonyl (C=O) groups is 1. The Labute approximate surface area is 210 Å². The predicted octanol–water partition coefficient (Wildman–Crippen LogP) is 3.14. The summed E-state index contributed by atoms with van der Waals surface area (Å²) in [5.74, 6) is 1.51. The van der Waals surface area contributed by atoms with Crippen LogP contribution >= 0.6 is 0 Å². The molecular weight excluding hydrogens is 456 g/mol. The van der Waals surface area contributed by atoms with Crippen molar-refractivity contribution in [3.05, 3.63) is 53.5 Å². The number of benzene rings is 1. The van der Waals surface area contributed by atoms with Crippen molar-refractivity contribution in [2.24, 2.45) is 11.8 Å². The quantitative estimate of drug-likeness (QED) is 0.560. The van der Waals surface area contributed by atoms with Crippen molar-refractivity contribution in [1.82, 2.24) is 10.2 Å². The monoisotopic (exact) mass is 488 g/mol. The zero-order chi connectivity index (χ0) is 24.2. The lowest BCUT2D eigenvalue weighted by Crippen LogP contribution is -2.75. The summed E-state index contributed by atoms with van der Waals surface area (Å²) in [6.07, 6.45) is 12.9. The summed E-state index contributed by atoms with van der Waals surface area (Å²) in [7, 11) is 0. The first-order valence-corrected chi connectivity index (χ1v) is 13.5. The number of hydrogen-bond donors (Lipinski definition) is 3. The number of likely N-dealkylation sites (tertiary alicyclic amines) is 1. The van der Waals surface area contributed by atoms with Gasteiger partial charge in [0.1, 0.15) is 6.10 Å². The SMILES string of the molecule is O=C(/C=C/c1ccoc1)N[C@@H]1CC[C@@]2(O)[C@H]3CC4C(CCc5ccc(O)c6c5[C@]42[C@H]1O6)N3CC1CC1. The third-order valence-electron chi connectivity index (χ3n) is 10.3. The molecule has 8 rings (SSSR count). The lowest BCUT2D eigenvalue weighted by atomic mass is 9.53. The van der Waals surface area contributed by atoms with Gasteiger partial charge in [0.2, 0.25) is 5.91 Å². The highest BCUT2D eigenvalue weighted by Gasteiger charge is 2.81. The normalized spacial score (nSPS) is 39.8. The number of piperidine rings is 1. The summed E-state index contributed by atoms with van der Waals surface area (Å²) in [6.45, 7) is 1.09. The minimum Gasteiger partial charge on any atom is -0.504 e. The second kappa shape index (κ2) is 7.17. The van der Waals surface area contributed by atoms with E-state index in [1.54, 1.807) is 30.7 Å². The summed E-state index contributed by atoms with van der Waals surface area (Å²) in [6, 6.07) is 5.84. The molecule has 188 valence electrons. The van der Waals surface area contributed by atoms with E-state index in [-0.39, 0.29) is 29.7 Å². The summed E-state index contributed by atoms with van der Waals surface area (Å²) < 4.78 is 11.7. The van der Waals surface area contributed by atoms with Crippen molar-refractivity contribution < 1.29 is 24.2 Å². The first-order valence-electron chi connectivity index (χ1n) is 13.5. The highest BCUT2D eigenvalue weighted by molar-refractivity contribution is 5.92. The number of aryl methyl sites for hydroxylation is 1. The van der Waals surface area contributed by atoms with Crippen LogP contribution in [-0.4, -0.2) is 57.4 Å². The fourth-order valence-electron chi connectivity index (χ4n) is 8.92. The van der Waals surface area contributed by atoms with Gasteiger partial charge >= 0.3 is 0 Å². The molecule has 1 amide bonds. The van der Waals surface area contributed by atoms with E-state index in [0.717, 1.165) is 42.9 Å². The van der Waals surface area contributed by atoms with Gasteiger partial charge in [0.15, 0.2) is 11.5 Å². The number of phenolic OH excluding ortho intramolecular Hbond substituents is 1. The minimum absolute atomic E-state index is 0.107. The van der Waals surface area contributed by atoms with Crippen LogP contribution in [0.3, 0.4) is 0 Å². The molecule has 3 heterocycles. The van der Waals surface area contributed by atoms with Crippen molar-refractivity contribution >= 4 is 12.0 Å². The Morgan fingerprint density at radius 3 is 2.92 bits per heavy atom. The standard InChI is InChI=1S/C29H32N2O5/c32-22-7-5-18-4-6-21-19-13-23(31(21)14-16-1-2-16)28(34)11-9-20(27-29(19,28)25(18)26(22)36-27)30-24(33)8-3-17-10-12-35-15-17/h3,5,7-8,10,12,15-16,19-21,23,27,32,34H,1-2,4,6,9,11,13-14H2,(H,30,33)/b8-3+/t19?,20-,21?,23-,27+,28-,29+/m1/s1. The van der Waals surface area contributed by atoms with Crippen molar-refractivity contribution in [3.8, 4) is 11.5 Å². The van der Waals surface area contributed by atoms with E-state index >= 15 is 0 Å². The topological polar surface area (TPSA) is 95.2 Å². The average Bonchev–Trinajstić information content (AvgIpc) is 3.20. The van der Waals surface area contributed by atoms with Crippen LogP contribution in [0.2, 0.25) is 0 Å². The first kappa shape index (κ1) is 21.3. The van der Waals surface area contributed by atoms with Crippen LogP contribution in [0, 0.1) is 11.8 Å². The molecule has 1 spiro atoms. The fraction of sp³-hybridized carbons (Fsp3) is 0.552. The van der Waals surface area contributed by atoms with Gasteiger partial charge in [0.05, 0.1) is 29.6 Å². The second-order valence-electron chi connectivity index (χ2n) is 11.9. The smallest absolute Gasteiger partial charge is 0.244 e. The molecule has 0 radical (unpaired) electrons. The number of hydrogen-bond acceptors (Lipinski definition) is 6. The lowest BCUT2D eigenvalue weighted by Gasteiger charge is -2.59. The van der Waals surface area contributed by atoms with Crippen LogP contribution in [0.5, 0.6) is 11.5 Å². The number of carbonyl (C=O) groups excluding carboxylic acids is 1. The molecule has 4 aliphatic carbocycles. The van der Waals surface area contributed by atoms with Crippen LogP contribution in [0.4, 0.5) is 0 Å². The minimum atomic E-state index is -0.931. The van der Waals surface area contributed by atoms with Crippen molar-refractivity contribution in [2.45, 2.75) is 80.2 Å². The predicted molar refractivity (Wildman–Crippen MR) is 131 cm³/mol. The third-order valence-corrected chi connectivity index (χ3v) is 10.3. The second-order valence-corrected chi connectivity index (χ2v) is 11.9. The average molecular weight is 489 g/mol. The lowest BCUT2D eigenvalue weighted by molar-refractivity contribution is -0.173. The van der Waals surface area contributed by atoms with Gasteiger partial charge in [-0.3, -0.25) is 9.69 Å². The zero-order valence-electron chi connectivity index (χ0n) is 20.2. The number of aromatic hydroxyl groups is 1. The molecule has 3 saturated carbocycles. The maximum atomic E-state index is 13.0. The number of ether oxygens (including phenoxy) is 1. The molecule has 2 aliphatic heterocycles. The number of furan rings is 1. The number of amides is 1. The molecule has 3 N–H and O–H groups in total.